The third kappa shape index (κ3) is 4.52. The van der Waals surface area contributed by atoms with E-state index in [1.807, 2.05) is 6.92 Å². The molecular formula is C16H25N3O2. The van der Waals surface area contributed by atoms with Crippen molar-refractivity contribution < 1.29 is 9.53 Å². The number of benzene rings is 1. The largest absolute Gasteiger partial charge is 0.380 e. The van der Waals surface area contributed by atoms with Gasteiger partial charge in [0.05, 0.1) is 6.61 Å². The molecule has 0 spiro atoms. The van der Waals surface area contributed by atoms with Crippen molar-refractivity contribution in [3.8, 4) is 0 Å². The summed E-state index contributed by atoms with van der Waals surface area (Å²) in [6.07, 6.45) is 0. The van der Waals surface area contributed by atoms with Crippen LogP contribution in [0.1, 0.15) is 18.1 Å². The lowest BCUT2D eigenvalue weighted by Crippen LogP contribution is -2.57. The number of ether oxygens (including phenoxy) is 1. The molecule has 21 heavy (non-hydrogen) atoms. The second-order valence-corrected chi connectivity index (χ2v) is 5.33. The predicted molar refractivity (Wildman–Crippen MR) is 82.9 cm³/mol. The van der Waals surface area contributed by atoms with Crippen molar-refractivity contribution in [1.82, 2.24) is 15.5 Å². The summed E-state index contributed by atoms with van der Waals surface area (Å²) in [6.45, 7) is 6.60. The number of hydrogen-bond donors (Lipinski definition) is 2. The topological polar surface area (TPSA) is 53.6 Å². The molecule has 5 heteroatoms. The summed E-state index contributed by atoms with van der Waals surface area (Å²) in [5, 5.41) is 6.22. The van der Waals surface area contributed by atoms with Crippen molar-refractivity contribution in [3.05, 3.63) is 35.4 Å². The monoisotopic (exact) mass is 291 g/mol. The standard InChI is InChI=1S/C16H25N3O2/c1-3-18-16(20)15-10-17-8-9-19(15)11-13-4-6-14(7-5-13)12-21-2/h4-7,15,17H,3,8-12H2,1-2H3,(H,18,20). The Morgan fingerprint density at radius 1 is 1.38 bits per heavy atom. The van der Waals surface area contributed by atoms with E-state index in [0.717, 1.165) is 19.6 Å². The van der Waals surface area contributed by atoms with Gasteiger partial charge in [-0.3, -0.25) is 9.69 Å². The first-order valence-corrected chi connectivity index (χ1v) is 7.53. The molecular weight excluding hydrogens is 266 g/mol. The van der Waals surface area contributed by atoms with Crippen LogP contribution >= 0.6 is 0 Å². The van der Waals surface area contributed by atoms with E-state index in [4.69, 9.17) is 4.74 Å². The van der Waals surface area contributed by atoms with Crippen LogP contribution in [0.2, 0.25) is 0 Å². The number of carbonyl (C=O) groups is 1. The highest BCUT2D eigenvalue weighted by Crippen LogP contribution is 2.12. The van der Waals surface area contributed by atoms with Gasteiger partial charge in [-0.25, -0.2) is 0 Å². The maximum atomic E-state index is 12.1. The second kappa shape index (κ2) is 8.12. The fraction of sp³-hybridized carbons (Fsp3) is 0.562. The molecule has 1 aliphatic heterocycles. The Hall–Kier alpha value is -1.43. The molecule has 0 aromatic heterocycles. The molecule has 1 amide bonds. The molecule has 1 aliphatic rings. The highest BCUT2D eigenvalue weighted by molar-refractivity contribution is 5.82. The lowest BCUT2D eigenvalue weighted by atomic mass is 10.1. The van der Waals surface area contributed by atoms with Gasteiger partial charge in [0.15, 0.2) is 0 Å². The zero-order valence-electron chi connectivity index (χ0n) is 12.9. The van der Waals surface area contributed by atoms with Gasteiger partial charge in [0.1, 0.15) is 6.04 Å². The highest BCUT2D eigenvalue weighted by atomic mass is 16.5. The van der Waals surface area contributed by atoms with Crippen molar-refractivity contribution in [2.75, 3.05) is 33.3 Å². The average molecular weight is 291 g/mol. The lowest BCUT2D eigenvalue weighted by Gasteiger charge is -2.35. The number of piperazine rings is 1. The van der Waals surface area contributed by atoms with Crippen molar-refractivity contribution in [2.24, 2.45) is 0 Å². The van der Waals surface area contributed by atoms with Crippen LogP contribution in [0.15, 0.2) is 24.3 Å². The zero-order valence-corrected chi connectivity index (χ0v) is 12.9. The van der Waals surface area contributed by atoms with E-state index < -0.39 is 0 Å². The summed E-state index contributed by atoms with van der Waals surface area (Å²) < 4.78 is 5.12. The van der Waals surface area contributed by atoms with Crippen LogP contribution in [0.5, 0.6) is 0 Å². The van der Waals surface area contributed by atoms with Gasteiger partial charge < -0.3 is 15.4 Å². The maximum absolute atomic E-state index is 12.1. The number of nitrogens with one attached hydrogen (secondary N) is 2. The molecule has 1 atom stereocenters. The summed E-state index contributed by atoms with van der Waals surface area (Å²) in [5.41, 5.74) is 2.40. The van der Waals surface area contributed by atoms with E-state index in [-0.39, 0.29) is 11.9 Å². The number of carbonyl (C=O) groups excluding carboxylic acids is 1. The van der Waals surface area contributed by atoms with Crippen molar-refractivity contribution in [3.63, 3.8) is 0 Å². The number of amides is 1. The van der Waals surface area contributed by atoms with Gasteiger partial charge in [-0.1, -0.05) is 24.3 Å². The molecule has 1 saturated heterocycles. The van der Waals surface area contributed by atoms with Gasteiger partial charge in [-0.05, 0) is 18.1 Å². The third-order valence-electron chi connectivity index (χ3n) is 3.73. The van der Waals surface area contributed by atoms with E-state index >= 15 is 0 Å². The molecule has 1 unspecified atom stereocenters. The maximum Gasteiger partial charge on any atom is 0.238 e. The minimum Gasteiger partial charge on any atom is -0.380 e. The smallest absolute Gasteiger partial charge is 0.238 e. The highest BCUT2D eigenvalue weighted by Gasteiger charge is 2.27. The number of methoxy groups -OCH3 is 1. The Balaban J connectivity index is 1.99. The summed E-state index contributed by atoms with van der Waals surface area (Å²) >= 11 is 0. The number of likely N-dealkylation sites (N-methyl/N-ethyl adjacent to an activating group) is 1. The van der Waals surface area contributed by atoms with E-state index in [1.54, 1.807) is 7.11 Å². The summed E-state index contributed by atoms with van der Waals surface area (Å²) in [4.78, 5) is 14.4. The predicted octanol–water partition coefficient (Wildman–Crippen LogP) is 0.743. The summed E-state index contributed by atoms with van der Waals surface area (Å²) in [5.74, 6) is 0.112. The van der Waals surface area contributed by atoms with Crippen molar-refractivity contribution in [2.45, 2.75) is 26.1 Å². The van der Waals surface area contributed by atoms with Crippen LogP contribution in [0.4, 0.5) is 0 Å². The number of hydrogen-bond acceptors (Lipinski definition) is 4. The van der Waals surface area contributed by atoms with E-state index in [2.05, 4.69) is 39.8 Å². The molecule has 0 saturated carbocycles. The van der Waals surface area contributed by atoms with Gasteiger partial charge in [-0.15, -0.1) is 0 Å². The van der Waals surface area contributed by atoms with E-state index in [9.17, 15) is 4.79 Å². The normalized spacial score (nSPS) is 19.4. The van der Waals surface area contributed by atoms with Crippen molar-refractivity contribution >= 4 is 5.91 Å². The minimum absolute atomic E-state index is 0.0858. The van der Waals surface area contributed by atoms with Gasteiger partial charge in [-0.2, -0.15) is 0 Å². The second-order valence-electron chi connectivity index (χ2n) is 5.33. The third-order valence-corrected chi connectivity index (χ3v) is 3.73. The quantitative estimate of drug-likeness (QED) is 0.812. The molecule has 0 aliphatic carbocycles. The summed E-state index contributed by atoms with van der Waals surface area (Å²) in [7, 11) is 1.70. The first-order valence-electron chi connectivity index (χ1n) is 7.53. The molecule has 1 fully saturated rings. The SMILES string of the molecule is CCNC(=O)C1CNCCN1Cc1ccc(COC)cc1. The molecule has 2 rings (SSSR count). The van der Waals surface area contributed by atoms with Gasteiger partial charge in [0.2, 0.25) is 5.91 Å². The molecule has 1 aromatic rings. The van der Waals surface area contributed by atoms with Gasteiger partial charge in [0, 0.05) is 39.8 Å². The Morgan fingerprint density at radius 2 is 2.10 bits per heavy atom. The van der Waals surface area contributed by atoms with Gasteiger partial charge in [0.25, 0.3) is 0 Å². The minimum atomic E-state index is -0.0858. The van der Waals surface area contributed by atoms with Crippen LogP contribution in [-0.2, 0) is 22.7 Å². The Bertz CT molecular complexity index is 447. The van der Waals surface area contributed by atoms with E-state index in [1.165, 1.54) is 11.1 Å². The number of rotatable bonds is 6. The van der Waals surface area contributed by atoms with Crippen LogP contribution in [0.3, 0.4) is 0 Å². The Morgan fingerprint density at radius 3 is 2.76 bits per heavy atom. The molecule has 2 N–H and O–H groups in total. The van der Waals surface area contributed by atoms with Crippen LogP contribution in [0.25, 0.3) is 0 Å². The fourth-order valence-electron chi connectivity index (χ4n) is 2.63. The molecule has 116 valence electrons. The molecule has 1 heterocycles. The molecule has 0 bridgehead atoms. The first-order chi connectivity index (χ1) is 10.2. The zero-order chi connectivity index (χ0) is 15.1. The molecule has 1 aromatic carbocycles. The van der Waals surface area contributed by atoms with Crippen molar-refractivity contribution in [1.29, 1.82) is 0 Å². The van der Waals surface area contributed by atoms with Gasteiger partial charge >= 0.3 is 0 Å². The Labute approximate surface area is 126 Å². The van der Waals surface area contributed by atoms with Crippen LogP contribution in [0, 0.1) is 0 Å². The van der Waals surface area contributed by atoms with Crippen LogP contribution in [-0.4, -0.2) is 50.1 Å². The average Bonchev–Trinajstić information content (AvgIpc) is 2.50. The first kappa shape index (κ1) is 15.9. The molecule has 5 nitrogen and oxygen atoms in total. The summed E-state index contributed by atoms with van der Waals surface area (Å²) in [6, 6.07) is 8.32. The molecule has 0 radical (unpaired) electrons. The lowest BCUT2D eigenvalue weighted by molar-refractivity contribution is -0.127. The fourth-order valence-corrected chi connectivity index (χ4v) is 2.63. The van der Waals surface area contributed by atoms with Crippen LogP contribution < -0.4 is 10.6 Å². The Kier molecular flexibility index (Phi) is 6.17. The van der Waals surface area contributed by atoms with E-state index in [0.29, 0.717) is 19.7 Å². The number of nitrogens with zero attached hydrogens (tertiary/aromatic N) is 1.